The first-order chi connectivity index (χ1) is 16.4. The number of piperazine rings is 1. The van der Waals surface area contributed by atoms with Crippen LogP contribution in [0.1, 0.15) is 64.9 Å². The molecule has 1 amide bonds. The maximum atomic E-state index is 12.7. The number of aromatic nitrogens is 2. The summed E-state index contributed by atoms with van der Waals surface area (Å²) >= 11 is 0. The Labute approximate surface area is 207 Å². The molecule has 2 aliphatic rings. The van der Waals surface area contributed by atoms with Crippen molar-refractivity contribution in [1.82, 2.24) is 19.8 Å². The normalized spacial score (nSPS) is 23.3. The molecule has 0 aromatic carbocycles. The first-order valence-electron chi connectivity index (χ1n) is 12.3. The minimum Gasteiger partial charge on any atom is -0.462 e. The Balaban J connectivity index is 1.88. The second-order valence-electron chi connectivity index (χ2n) is 10.4. The topological polar surface area (TPSA) is 123 Å². The lowest BCUT2D eigenvalue weighted by Gasteiger charge is -2.45. The molecule has 0 saturated carbocycles. The third-order valence-corrected chi connectivity index (χ3v) is 6.27. The number of carbonyl (C=O) groups is 2. The quantitative estimate of drug-likeness (QED) is 0.593. The van der Waals surface area contributed by atoms with Crippen LogP contribution in [0.4, 0.5) is 16.3 Å². The molecule has 11 nitrogen and oxygen atoms in total. The highest BCUT2D eigenvalue weighted by Gasteiger charge is 2.37. The summed E-state index contributed by atoms with van der Waals surface area (Å²) in [6, 6.07) is 0.0621. The van der Waals surface area contributed by atoms with E-state index in [0.29, 0.717) is 25.5 Å². The number of likely N-dealkylation sites (N-methyl/N-ethyl adjacent to an activating group) is 1. The standard InChI is InChI=1S/C24H40N6O5/c1-8-33-21(31)19-18(25)20(27-22(26-19)34-14-17-10-9-11-28(17)7)30-15(2)12-29(13-16(30)3)23(32)35-24(4,5)6/h15-17H,8-14,25H2,1-7H3/t15-,16-,17-/m0/s1. The van der Waals surface area contributed by atoms with Crippen LogP contribution in [-0.2, 0) is 9.47 Å². The van der Waals surface area contributed by atoms with Gasteiger partial charge in [-0.1, -0.05) is 0 Å². The van der Waals surface area contributed by atoms with Crippen LogP contribution in [0.2, 0.25) is 0 Å². The van der Waals surface area contributed by atoms with Crippen molar-refractivity contribution in [2.45, 2.75) is 78.1 Å². The number of anilines is 2. The Hall–Kier alpha value is -2.82. The van der Waals surface area contributed by atoms with Gasteiger partial charge in [0.2, 0.25) is 0 Å². The van der Waals surface area contributed by atoms with Gasteiger partial charge in [-0.25, -0.2) is 9.59 Å². The summed E-state index contributed by atoms with van der Waals surface area (Å²) in [6.45, 7) is 13.7. The lowest BCUT2D eigenvalue weighted by atomic mass is 10.1. The van der Waals surface area contributed by atoms with Crippen LogP contribution >= 0.6 is 0 Å². The van der Waals surface area contributed by atoms with Gasteiger partial charge in [0.1, 0.15) is 17.9 Å². The minimum atomic E-state index is -0.621. The molecule has 2 N–H and O–H groups in total. The van der Waals surface area contributed by atoms with Crippen LogP contribution in [0.5, 0.6) is 6.01 Å². The Morgan fingerprint density at radius 2 is 1.80 bits per heavy atom. The summed E-state index contributed by atoms with van der Waals surface area (Å²) < 4.78 is 16.7. The van der Waals surface area contributed by atoms with Gasteiger partial charge in [-0.2, -0.15) is 9.97 Å². The summed E-state index contributed by atoms with van der Waals surface area (Å²) in [5, 5.41) is 0. The number of hydrogen-bond acceptors (Lipinski definition) is 10. The summed E-state index contributed by atoms with van der Waals surface area (Å²) in [5.74, 6) is -0.217. The van der Waals surface area contributed by atoms with Gasteiger partial charge in [0, 0.05) is 31.2 Å². The third kappa shape index (κ3) is 6.45. The molecule has 3 rings (SSSR count). The van der Waals surface area contributed by atoms with Gasteiger partial charge in [-0.05, 0) is 68.0 Å². The highest BCUT2D eigenvalue weighted by molar-refractivity contribution is 5.96. The molecule has 1 aromatic rings. The predicted octanol–water partition coefficient (Wildman–Crippen LogP) is 2.54. The molecule has 1 aromatic heterocycles. The first-order valence-corrected chi connectivity index (χ1v) is 12.3. The largest absolute Gasteiger partial charge is 0.462 e. The summed E-state index contributed by atoms with van der Waals surface area (Å²) in [6.07, 6.45) is 1.79. The first kappa shape index (κ1) is 26.8. The summed E-state index contributed by atoms with van der Waals surface area (Å²) in [4.78, 5) is 40.2. The van der Waals surface area contributed by atoms with Gasteiger partial charge in [-0.3, -0.25) is 0 Å². The third-order valence-electron chi connectivity index (χ3n) is 6.27. The van der Waals surface area contributed by atoms with E-state index in [0.717, 1.165) is 19.4 Å². The van der Waals surface area contributed by atoms with E-state index in [9.17, 15) is 9.59 Å². The number of amides is 1. The molecule has 0 aliphatic carbocycles. The van der Waals surface area contributed by atoms with Crippen LogP contribution in [0.15, 0.2) is 0 Å². The van der Waals surface area contributed by atoms with E-state index in [2.05, 4.69) is 21.9 Å². The molecule has 0 unspecified atom stereocenters. The Kier molecular flexibility index (Phi) is 8.30. The molecular formula is C24H40N6O5. The SMILES string of the molecule is CCOC(=O)c1nc(OC[C@@H]2CCCN2C)nc(N2[C@@H](C)CN(C(=O)OC(C)(C)C)C[C@@H]2C)c1N. The van der Waals surface area contributed by atoms with Gasteiger partial charge in [0.25, 0.3) is 0 Å². The zero-order valence-electron chi connectivity index (χ0n) is 22.0. The molecule has 2 fully saturated rings. The molecule has 3 heterocycles. The van der Waals surface area contributed by atoms with Gasteiger partial charge >= 0.3 is 18.1 Å². The number of esters is 1. The number of carbonyl (C=O) groups excluding carboxylic acids is 2. The average Bonchev–Trinajstić information content (AvgIpc) is 3.16. The van der Waals surface area contributed by atoms with E-state index in [1.165, 1.54) is 0 Å². The number of nitrogens with zero attached hydrogens (tertiary/aromatic N) is 5. The van der Waals surface area contributed by atoms with Crippen LogP contribution in [0.3, 0.4) is 0 Å². The fourth-order valence-electron chi connectivity index (χ4n) is 4.63. The Bertz CT molecular complexity index is 908. The van der Waals surface area contributed by atoms with Gasteiger partial charge in [0.15, 0.2) is 11.5 Å². The van der Waals surface area contributed by atoms with Gasteiger partial charge in [-0.15, -0.1) is 0 Å². The maximum Gasteiger partial charge on any atom is 0.410 e. The minimum absolute atomic E-state index is 0.0133. The predicted molar refractivity (Wildman–Crippen MR) is 133 cm³/mol. The van der Waals surface area contributed by atoms with Crippen molar-refractivity contribution in [1.29, 1.82) is 0 Å². The van der Waals surface area contributed by atoms with Crippen LogP contribution < -0.4 is 15.4 Å². The molecule has 3 atom stereocenters. The lowest BCUT2D eigenvalue weighted by molar-refractivity contribution is 0.0192. The number of nitrogens with two attached hydrogens (primary N) is 1. The van der Waals surface area contributed by atoms with Gasteiger partial charge in [0.05, 0.1) is 6.61 Å². The fraction of sp³-hybridized carbons (Fsp3) is 0.750. The van der Waals surface area contributed by atoms with Crippen molar-refractivity contribution in [2.24, 2.45) is 0 Å². The van der Waals surface area contributed by atoms with Crippen molar-refractivity contribution in [3.8, 4) is 6.01 Å². The zero-order chi connectivity index (χ0) is 25.9. The van der Waals surface area contributed by atoms with Gasteiger partial charge < -0.3 is 34.6 Å². The Morgan fingerprint density at radius 3 is 2.34 bits per heavy atom. The van der Waals surface area contributed by atoms with E-state index < -0.39 is 11.6 Å². The molecule has 0 bridgehead atoms. The Morgan fingerprint density at radius 1 is 1.14 bits per heavy atom. The monoisotopic (exact) mass is 492 g/mol. The maximum absolute atomic E-state index is 12.7. The van der Waals surface area contributed by atoms with Crippen LogP contribution in [0.25, 0.3) is 0 Å². The smallest absolute Gasteiger partial charge is 0.410 e. The second kappa shape index (κ2) is 10.8. The van der Waals surface area contributed by atoms with E-state index in [-0.39, 0.29) is 48.2 Å². The van der Waals surface area contributed by atoms with E-state index in [4.69, 9.17) is 19.9 Å². The molecule has 2 saturated heterocycles. The van der Waals surface area contributed by atoms with Crippen molar-refractivity contribution in [3.05, 3.63) is 5.69 Å². The number of hydrogen-bond donors (Lipinski definition) is 1. The molecule has 196 valence electrons. The molecule has 2 aliphatic heterocycles. The van der Waals surface area contributed by atoms with Crippen molar-refractivity contribution in [3.63, 3.8) is 0 Å². The summed E-state index contributed by atoms with van der Waals surface area (Å²) in [5.41, 5.74) is 5.97. The van der Waals surface area contributed by atoms with E-state index >= 15 is 0 Å². The van der Waals surface area contributed by atoms with Crippen molar-refractivity contribution >= 4 is 23.6 Å². The van der Waals surface area contributed by atoms with E-state index in [1.54, 1.807) is 11.8 Å². The van der Waals surface area contributed by atoms with Crippen LogP contribution in [-0.4, -0.2) is 95.5 Å². The number of nitrogen functional groups attached to an aromatic ring is 1. The van der Waals surface area contributed by atoms with E-state index in [1.807, 2.05) is 39.5 Å². The molecule has 35 heavy (non-hydrogen) atoms. The average molecular weight is 493 g/mol. The highest BCUT2D eigenvalue weighted by Crippen LogP contribution is 2.32. The fourth-order valence-corrected chi connectivity index (χ4v) is 4.63. The highest BCUT2D eigenvalue weighted by atomic mass is 16.6. The molecule has 11 heteroatoms. The number of ether oxygens (including phenoxy) is 3. The zero-order valence-corrected chi connectivity index (χ0v) is 22.0. The van der Waals surface area contributed by atoms with Crippen LogP contribution in [0, 0.1) is 0 Å². The number of rotatable bonds is 6. The van der Waals surface area contributed by atoms with Crippen molar-refractivity contribution < 1.29 is 23.8 Å². The van der Waals surface area contributed by atoms with Crippen molar-refractivity contribution in [2.75, 3.05) is 50.5 Å². The second-order valence-corrected chi connectivity index (χ2v) is 10.4. The lowest BCUT2D eigenvalue weighted by Crippen LogP contribution is -2.59. The summed E-state index contributed by atoms with van der Waals surface area (Å²) in [7, 11) is 2.06. The molecular weight excluding hydrogens is 452 g/mol. The molecule has 0 spiro atoms. The number of likely N-dealkylation sites (tertiary alicyclic amines) is 1. The molecule has 0 radical (unpaired) electrons.